The molecule has 0 aliphatic carbocycles. The van der Waals surface area contributed by atoms with Crippen molar-refractivity contribution in [1.29, 1.82) is 0 Å². The van der Waals surface area contributed by atoms with E-state index in [1.807, 2.05) is 48.5 Å². The highest BCUT2D eigenvalue weighted by Gasteiger charge is 2.52. The molecule has 0 saturated carbocycles. The lowest BCUT2D eigenvalue weighted by atomic mass is 9.85. The third-order valence-electron chi connectivity index (χ3n) is 3.50. The smallest absolute Gasteiger partial charge is 0.263 e. The van der Waals surface area contributed by atoms with E-state index in [-0.39, 0.29) is 5.91 Å². The second-order valence-corrected chi connectivity index (χ2v) is 4.43. The number of nitrogens with one attached hydrogen (secondary N) is 1. The van der Waals surface area contributed by atoms with Crippen molar-refractivity contribution in [1.82, 2.24) is 0 Å². The number of hydrogen-bond donors (Lipinski definition) is 1. The number of rotatable bonds is 0. The highest BCUT2D eigenvalue weighted by atomic mass is 16.2. The van der Waals surface area contributed by atoms with Crippen LogP contribution in [0.15, 0.2) is 58.8 Å². The van der Waals surface area contributed by atoms with Crippen LogP contribution in [0, 0.1) is 0 Å². The van der Waals surface area contributed by atoms with Crippen LogP contribution in [0.3, 0.4) is 0 Å². The maximum atomic E-state index is 12.4. The van der Waals surface area contributed by atoms with Gasteiger partial charge in [-0.15, -0.1) is 0 Å². The minimum absolute atomic E-state index is 0.127. The molecule has 0 aromatic heterocycles. The molecule has 1 atom stereocenters. The Bertz CT molecular complexity index is 708. The molecule has 2 aromatic carbocycles. The summed E-state index contributed by atoms with van der Waals surface area (Å²) < 4.78 is 0. The number of benzene rings is 2. The molecule has 86 valence electrons. The topological polar surface area (TPSA) is 53.8 Å². The maximum absolute atomic E-state index is 12.4. The fourth-order valence-corrected chi connectivity index (χ4v) is 2.66. The Hall–Kier alpha value is -2.49. The van der Waals surface area contributed by atoms with Crippen LogP contribution in [-0.2, 0) is 10.3 Å². The molecule has 0 bridgehead atoms. The van der Waals surface area contributed by atoms with Gasteiger partial charge in [-0.05, 0) is 12.1 Å². The molecule has 1 unspecified atom stereocenters. The molecule has 2 aromatic rings. The number of carbonyl (C=O) groups excluding carboxylic acids is 1. The molecule has 0 radical (unpaired) electrons. The van der Waals surface area contributed by atoms with Crippen molar-refractivity contribution in [3.63, 3.8) is 0 Å². The summed E-state index contributed by atoms with van der Waals surface area (Å²) >= 11 is 0. The molecule has 2 aliphatic heterocycles. The van der Waals surface area contributed by atoms with Crippen LogP contribution in [0.1, 0.15) is 11.1 Å². The lowest BCUT2D eigenvalue weighted by Gasteiger charge is -2.17. The first-order valence-electron chi connectivity index (χ1n) is 5.76. The minimum Gasteiger partial charge on any atom is -0.323 e. The highest BCUT2D eigenvalue weighted by molar-refractivity contribution is 6.09. The Morgan fingerprint density at radius 1 is 0.944 bits per heavy atom. The molecule has 1 amide bonds. The Morgan fingerprint density at radius 3 is 2.56 bits per heavy atom. The summed E-state index contributed by atoms with van der Waals surface area (Å²) in [6.45, 7) is 0. The van der Waals surface area contributed by atoms with Crippen LogP contribution in [0.5, 0.6) is 0 Å². The summed E-state index contributed by atoms with van der Waals surface area (Å²) in [5, 5.41) is 11.3. The lowest BCUT2D eigenvalue weighted by molar-refractivity contribution is -0.119. The van der Waals surface area contributed by atoms with E-state index in [9.17, 15) is 4.79 Å². The predicted molar refractivity (Wildman–Crippen MR) is 66.8 cm³/mol. The predicted octanol–water partition coefficient (Wildman–Crippen LogP) is 2.98. The van der Waals surface area contributed by atoms with Gasteiger partial charge >= 0.3 is 0 Å². The van der Waals surface area contributed by atoms with Gasteiger partial charge in [0.2, 0.25) is 5.54 Å². The van der Waals surface area contributed by atoms with E-state index in [1.165, 1.54) is 0 Å². The highest BCUT2D eigenvalue weighted by Crippen LogP contribution is 2.50. The van der Waals surface area contributed by atoms with Gasteiger partial charge < -0.3 is 5.32 Å². The van der Waals surface area contributed by atoms with Gasteiger partial charge in [0.1, 0.15) is 0 Å². The molecule has 4 nitrogen and oxygen atoms in total. The first-order chi connectivity index (χ1) is 8.82. The Kier molecular flexibility index (Phi) is 1.61. The summed E-state index contributed by atoms with van der Waals surface area (Å²) in [7, 11) is 0. The Labute approximate surface area is 103 Å². The zero-order valence-electron chi connectivity index (χ0n) is 9.42. The van der Waals surface area contributed by atoms with E-state index in [4.69, 9.17) is 0 Å². The van der Waals surface area contributed by atoms with E-state index in [0.29, 0.717) is 0 Å². The fraction of sp³-hybridized carbons (Fsp3) is 0.0714. The number of amides is 1. The van der Waals surface area contributed by atoms with E-state index in [2.05, 4.69) is 15.5 Å². The first kappa shape index (κ1) is 9.53. The van der Waals surface area contributed by atoms with E-state index < -0.39 is 5.54 Å². The van der Waals surface area contributed by atoms with Gasteiger partial charge in [-0.1, -0.05) is 36.4 Å². The molecule has 18 heavy (non-hydrogen) atoms. The molecule has 4 heteroatoms. The van der Waals surface area contributed by atoms with Crippen molar-refractivity contribution in [3.05, 3.63) is 59.7 Å². The minimum atomic E-state index is -0.979. The maximum Gasteiger partial charge on any atom is 0.263 e. The summed E-state index contributed by atoms with van der Waals surface area (Å²) in [6.07, 6.45) is 0. The van der Waals surface area contributed by atoms with Crippen LogP contribution in [0.25, 0.3) is 0 Å². The quantitative estimate of drug-likeness (QED) is 0.749. The Morgan fingerprint density at radius 2 is 1.67 bits per heavy atom. The van der Waals surface area contributed by atoms with E-state index in [1.54, 1.807) is 0 Å². The third-order valence-corrected chi connectivity index (χ3v) is 3.50. The summed E-state index contributed by atoms with van der Waals surface area (Å²) in [6, 6.07) is 15.2. The van der Waals surface area contributed by atoms with Crippen LogP contribution < -0.4 is 5.32 Å². The van der Waals surface area contributed by atoms with Crippen LogP contribution in [0.4, 0.5) is 11.4 Å². The van der Waals surface area contributed by atoms with Crippen LogP contribution in [-0.4, -0.2) is 5.91 Å². The van der Waals surface area contributed by atoms with Gasteiger partial charge in [0, 0.05) is 16.8 Å². The van der Waals surface area contributed by atoms with E-state index >= 15 is 0 Å². The van der Waals surface area contributed by atoms with Gasteiger partial charge in [-0.2, -0.15) is 10.2 Å². The van der Waals surface area contributed by atoms with Crippen LogP contribution >= 0.6 is 0 Å². The van der Waals surface area contributed by atoms with Gasteiger partial charge in [-0.3, -0.25) is 4.79 Å². The van der Waals surface area contributed by atoms with Crippen molar-refractivity contribution < 1.29 is 4.79 Å². The van der Waals surface area contributed by atoms with Gasteiger partial charge in [-0.25, -0.2) is 0 Å². The number of nitrogens with zero attached hydrogens (tertiary/aromatic N) is 2. The first-order valence-corrected chi connectivity index (χ1v) is 5.76. The molecule has 4 rings (SSSR count). The number of anilines is 1. The largest absolute Gasteiger partial charge is 0.323 e. The molecule has 1 spiro atoms. The van der Waals surface area contributed by atoms with Gasteiger partial charge in [0.05, 0.1) is 5.69 Å². The Balaban J connectivity index is 2.07. The average molecular weight is 235 g/mol. The second kappa shape index (κ2) is 3.04. The fourth-order valence-electron chi connectivity index (χ4n) is 2.66. The number of fused-ring (bicyclic) bond motifs is 4. The molecule has 1 N–H and O–H groups in total. The number of hydrogen-bond acceptors (Lipinski definition) is 3. The van der Waals surface area contributed by atoms with Crippen molar-refractivity contribution in [2.24, 2.45) is 10.2 Å². The standard InChI is InChI=1S/C14H9N3O/c18-13-14(9-5-1-3-7-11(9)15-13)10-6-2-4-8-12(10)16-17-14/h1-8H,(H,15,18). The molecular formula is C14H9N3O. The monoisotopic (exact) mass is 235 g/mol. The van der Waals surface area contributed by atoms with Crippen molar-refractivity contribution in [2.75, 3.05) is 5.32 Å². The molecule has 0 saturated heterocycles. The number of carbonyl (C=O) groups is 1. The molecular weight excluding hydrogens is 226 g/mol. The number of azo groups is 1. The normalized spacial score (nSPS) is 23.0. The van der Waals surface area contributed by atoms with Crippen LogP contribution in [0.2, 0.25) is 0 Å². The third kappa shape index (κ3) is 0.937. The SMILES string of the molecule is O=C1Nc2ccccc2C12N=Nc1ccccc12. The second-order valence-electron chi connectivity index (χ2n) is 4.43. The summed E-state index contributed by atoms with van der Waals surface area (Å²) in [5.41, 5.74) is 2.34. The lowest BCUT2D eigenvalue weighted by Crippen LogP contribution is -2.31. The van der Waals surface area contributed by atoms with Crippen molar-refractivity contribution in [3.8, 4) is 0 Å². The summed E-state index contributed by atoms with van der Waals surface area (Å²) in [4.78, 5) is 12.4. The van der Waals surface area contributed by atoms with E-state index in [0.717, 1.165) is 22.5 Å². The zero-order chi connectivity index (χ0) is 12.2. The molecule has 2 heterocycles. The van der Waals surface area contributed by atoms with Crippen molar-refractivity contribution >= 4 is 17.3 Å². The van der Waals surface area contributed by atoms with Gasteiger partial charge in [0.15, 0.2) is 0 Å². The average Bonchev–Trinajstić information content (AvgIpc) is 2.92. The van der Waals surface area contributed by atoms with Gasteiger partial charge in [0.25, 0.3) is 5.91 Å². The number of para-hydroxylation sites is 1. The van der Waals surface area contributed by atoms with Crippen molar-refractivity contribution in [2.45, 2.75) is 5.54 Å². The molecule has 0 fully saturated rings. The molecule has 2 aliphatic rings. The zero-order valence-corrected chi connectivity index (χ0v) is 9.42. The summed E-state index contributed by atoms with van der Waals surface area (Å²) in [5.74, 6) is -0.127.